The predicted octanol–water partition coefficient (Wildman–Crippen LogP) is 9.58. The molecule has 0 saturated heterocycles. The van der Waals surface area contributed by atoms with E-state index in [9.17, 15) is 9.59 Å². The first-order chi connectivity index (χ1) is 17.1. The molecule has 0 aliphatic rings. The molecule has 0 fully saturated rings. The summed E-state index contributed by atoms with van der Waals surface area (Å²) in [4.78, 5) is 23.8. The van der Waals surface area contributed by atoms with Gasteiger partial charge in [-0.2, -0.15) is 0 Å². The topological polar surface area (TPSA) is 52.6 Å². The van der Waals surface area contributed by atoms with E-state index in [1.807, 2.05) is 0 Å². The highest BCUT2D eigenvalue weighted by atomic mass is 16.5. The van der Waals surface area contributed by atoms with Gasteiger partial charge in [-0.1, -0.05) is 124 Å². The van der Waals surface area contributed by atoms with E-state index in [4.69, 9.17) is 9.47 Å². The molecule has 0 aromatic rings. The first kappa shape index (κ1) is 33.9. The summed E-state index contributed by atoms with van der Waals surface area (Å²) in [5, 5.41) is 0. The zero-order valence-electron chi connectivity index (χ0n) is 24.1. The zero-order chi connectivity index (χ0) is 26.0. The van der Waals surface area contributed by atoms with Gasteiger partial charge in [-0.05, 0) is 37.5 Å². The standard InChI is InChI=1S/C31H60O4/c1-5-9-22-28(7-3)26-34-30(32)24-20-18-16-14-12-11-13-15-17-19-21-25-31(33)35-27-29(8-4)23-10-6-2/h28-29H,5-27H2,1-4H3. The molecule has 0 saturated carbocycles. The largest absolute Gasteiger partial charge is 0.465 e. The second-order valence-electron chi connectivity index (χ2n) is 10.6. The summed E-state index contributed by atoms with van der Waals surface area (Å²) in [6.07, 6.45) is 23.7. The SMILES string of the molecule is CCCCC(CC)COC(=O)CCCCCCCCCCCCCC(=O)OCC(CC)CCCC. The number of ether oxygens (including phenoxy) is 2. The lowest BCUT2D eigenvalue weighted by atomic mass is 10.0. The van der Waals surface area contributed by atoms with Crippen LogP contribution in [0.2, 0.25) is 0 Å². The van der Waals surface area contributed by atoms with Crippen LogP contribution in [0.1, 0.15) is 163 Å². The van der Waals surface area contributed by atoms with Crippen LogP contribution in [0, 0.1) is 11.8 Å². The summed E-state index contributed by atoms with van der Waals surface area (Å²) in [6.45, 7) is 10.0. The molecule has 208 valence electrons. The molecular formula is C31H60O4. The first-order valence-electron chi connectivity index (χ1n) is 15.4. The number of hydrogen-bond donors (Lipinski definition) is 0. The normalized spacial score (nSPS) is 12.9. The highest BCUT2D eigenvalue weighted by molar-refractivity contribution is 5.69. The fourth-order valence-corrected chi connectivity index (χ4v) is 4.49. The van der Waals surface area contributed by atoms with Crippen LogP contribution in [-0.2, 0) is 19.1 Å². The Morgan fingerprint density at radius 3 is 1.09 bits per heavy atom. The van der Waals surface area contributed by atoms with E-state index >= 15 is 0 Å². The molecule has 4 nitrogen and oxygen atoms in total. The maximum Gasteiger partial charge on any atom is 0.305 e. The lowest BCUT2D eigenvalue weighted by molar-refractivity contribution is -0.146. The molecule has 35 heavy (non-hydrogen) atoms. The molecule has 0 rings (SSSR count). The highest BCUT2D eigenvalue weighted by Crippen LogP contribution is 2.16. The molecule has 2 atom stereocenters. The molecule has 2 unspecified atom stereocenters. The lowest BCUT2D eigenvalue weighted by Gasteiger charge is -2.14. The predicted molar refractivity (Wildman–Crippen MR) is 149 cm³/mol. The fraction of sp³-hybridized carbons (Fsp3) is 0.935. The van der Waals surface area contributed by atoms with Crippen LogP contribution < -0.4 is 0 Å². The van der Waals surface area contributed by atoms with Crippen molar-refractivity contribution in [2.24, 2.45) is 11.8 Å². The number of hydrogen-bond acceptors (Lipinski definition) is 4. The minimum atomic E-state index is -0.00895. The van der Waals surface area contributed by atoms with Gasteiger partial charge in [0.1, 0.15) is 0 Å². The summed E-state index contributed by atoms with van der Waals surface area (Å²) in [5.74, 6) is 1.05. The van der Waals surface area contributed by atoms with E-state index in [2.05, 4.69) is 27.7 Å². The van der Waals surface area contributed by atoms with E-state index < -0.39 is 0 Å². The van der Waals surface area contributed by atoms with Crippen LogP contribution in [0.15, 0.2) is 0 Å². The minimum Gasteiger partial charge on any atom is -0.465 e. The van der Waals surface area contributed by atoms with Crippen molar-refractivity contribution < 1.29 is 19.1 Å². The summed E-state index contributed by atoms with van der Waals surface area (Å²) in [7, 11) is 0. The Labute approximate surface area is 218 Å². The van der Waals surface area contributed by atoms with Crippen molar-refractivity contribution in [2.75, 3.05) is 13.2 Å². The van der Waals surface area contributed by atoms with Crippen molar-refractivity contribution in [2.45, 2.75) is 163 Å². The van der Waals surface area contributed by atoms with Crippen molar-refractivity contribution in [3.05, 3.63) is 0 Å². The summed E-state index contributed by atoms with van der Waals surface area (Å²) < 4.78 is 11.0. The molecule has 0 aliphatic heterocycles. The average Bonchev–Trinajstić information content (AvgIpc) is 2.87. The Balaban J connectivity index is 3.42. The van der Waals surface area contributed by atoms with Gasteiger partial charge in [0.2, 0.25) is 0 Å². The van der Waals surface area contributed by atoms with E-state index in [-0.39, 0.29) is 11.9 Å². The quantitative estimate of drug-likeness (QED) is 0.0883. The zero-order valence-corrected chi connectivity index (χ0v) is 24.1. The van der Waals surface area contributed by atoms with Crippen LogP contribution >= 0.6 is 0 Å². The molecule has 4 heteroatoms. The van der Waals surface area contributed by atoms with Crippen molar-refractivity contribution in [1.29, 1.82) is 0 Å². The van der Waals surface area contributed by atoms with Gasteiger partial charge in [0.05, 0.1) is 13.2 Å². The monoisotopic (exact) mass is 496 g/mol. The van der Waals surface area contributed by atoms with Gasteiger partial charge in [-0.3, -0.25) is 9.59 Å². The van der Waals surface area contributed by atoms with E-state index in [1.165, 1.54) is 83.5 Å². The third kappa shape index (κ3) is 23.1. The number of carbonyl (C=O) groups is 2. The van der Waals surface area contributed by atoms with Gasteiger partial charge in [0.15, 0.2) is 0 Å². The molecule has 0 spiro atoms. The van der Waals surface area contributed by atoms with E-state index in [0.717, 1.165) is 38.5 Å². The number of esters is 2. The number of rotatable bonds is 26. The highest BCUT2D eigenvalue weighted by Gasteiger charge is 2.11. The van der Waals surface area contributed by atoms with Gasteiger partial charge in [-0.15, -0.1) is 0 Å². The van der Waals surface area contributed by atoms with Gasteiger partial charge in [0.25, 0.3) is 0 Å². The van der Waals surface area contributed by atoms with Crippen molar-refractivity contribution in [3.63, 3.8) is 0 Å². The third-order valence-electron chi connectivity index (χ3n) is 7.31. The van der Waals surface area contributed by atoms with Crippen LogP contribution in [0.3, 0.4) is 0 Å². The Hall–Kier alpha value is -1.06. The van der Waals surface area contributed by atoms with Crippen LogP contribution in [0.25, 0.3) is 0 Å². The van der Waals surface area contributed by atoms with Gasteiger partial charge < -0.3 is 9.47 Å². The van der Waals surface area contributed by atoms with Crippen LogP contribution in [-0.4, -0.2) is 25.2 Å². The maximum atomic E-state index is 11.9. The van der Waals surface area contributed by atoms with Gasteiger partial charge in [-0.25, -0.2) is 0 Å². The molecule has 0 N–H and O–H groups in total. The Morgan fingerprint density at radius 2 is 0.800 bits per heavy atom. The molecule has 0 bridgehead atoms. The summed E-state index contributed by atoms with van der Waals surface area (Å²) in [5.41, 5.74) is 0. The van der Waals surface area contributed by atoms with Crippen LogP contribution in [0.5, 0.6) is 0 Å². The molecule has 0 aromatic carbocycles. The van der Waals surface area contributed by atoms with Crippen LogP contribution in [0.4, 0.5) is 0 Å². The second kappa shape index (κ2) is 26.0. The summed E-state index contributed by atoms with van der Waals surface area (Å²) in [6, 6.07) is 0. The molecular weight excluding hydrogens is 436 g/mol. The average molecular weight is 497 g/mol. The third-order valence-corrected chi connectivity index (χ3v) is 7.31. The smallest absolute Gasteiger partial charge is 0.305 e. The molecule has 0 aliphatic carbocycles. The molecule has 0 amide bonds. The first-order valence-corrected chi connectivity index (χ1v) is 15.4. The van der Waals surface area contributed by atoms with Gasteiger partial charge in [0, 0.05) is 12.8 Å². The van der Waals surface area contributed by atoms with Gasteiger partial charge >= 0.3 is 11.9 Å². The molecule has 0 radical (unpaired) electrons. The van der Waals surface area contributed by atoms with Crippen molar-refractivity contribution >= 4 is 11.9 Å². The Kier molecular flexibility index (Phi) is 25.2. The Bertz CT molecular complexity index is 435. The number of unbranched alkanes of at least 4 members (excludes halogenated alkanes) is 12. The van der Waals surface area contributed by atoms with E-state index in [1.54, 1.807) is 0 Å². The summed E-state index contributed by atoms with van der Waals surface area (Å²) >= 11 is 0. The maximum absolute atomic E-state index is 11.9. The number of carbonyl (C=O) groups excluding carboxylic acids is 2. The molecule has 0 aromatic heterocycles. The minimum absolute atomic E-state index is 0.00895. The van der Waals surface area contributed by atoms with Crippen molar-refractivity contribution in [1.82, 2.24) is 0 Å². The second-order valence-corrected chi connectivity index (χ2v) is 10.6. The lowest BCUT2D eigenvalue weighted by Crippen LogP contribution is -2.13. The molecule has 0 heterocycles. The van der Waals surface area contributed by atoms with E-state index in [0.29, 0.717) is 37.9 Å². The Morgan fingerprint density at radius 1 is 0.486 bits per heavy atom. The fourth-order valence-electron chi connectivity index (χ4n) is 4.49. The van der Waals surface area contributed by atoms with Crippen molar-refractivity contribution in [3.8, 4) is 0 Å².